The number of nitro groups is 1. The van der Waals surface area contributed by atoms with Crippen LogP contribution >= 0.6 is 23.4 Å². The Kier molecular flexibility index (Phi) is 8.39. The first kappa shape index (κ1) is 24.6. The molecular weight excluding hydrogens is 470 g/mol. The second kappa shape index (κ2) is 10.6. The average Bonchev–Trinajstić information content (AvgIpc) is 2.71. The topological polar surface area (TPSA) is 145 Å². The van der Waals surface area contributed by atoms with Gasteiger partial charge in [-0.2, -0.15) is 4.72 Å². The first-order valence-corrected chi connectivity index (χ1v) is 11.7. The van der Waals surface area contributed by atoms with Crippen LogP contribution in [0, 0.1) is 10.1 Å². The lowest BCUT2D eigenvalue weighted by Crippen LogP contribution is -2.35. The van der Waals surface area contributed by atoms with Gasteiger partial charge in [0, 0.05) is 16.8 Å². The third-order valence-electron chi connectivity index (χ3n) is 3.83. The van der Waals surface area contributed by atoms with E-state index in [4.69, 9.17) is 16.3 Å². The monoisotopic (exact) mass is 487 g/mol. The minimum Gasteiger partial charge on any atom is -0.452 e. The first-order chi connectivity index (χ1) is 14.5. The molecule has 0 fully saturated rings. The summed E-state index contributed by atoms with van der Waals surface area (Å²) in [6.07, 6.45) is 0.409. The third-order valence-corrected chi connectivity index (χ3v) is 6.25. The predicted octanol–water partition coefficient (Wildman–Crippen LogP) is 2.82. The van der Waals surface area contributed by atoms with Crippen molar-refractivity contribution in [2.75, 3.05) is 18.1 Å². The van der Waals surface area contributed by atoms with Gasteiger partial charge in [-0.25, -0.2) is 8.42 Å². The lowest BCUT2D eigenvalue weighted by molar-refractivity contribution is -0.388. The van der Waals surface area contributed by atoms with Gasteiger partial charge in [0.25, 0.3) is 11.6 Å². The Morgan fingerprint density at radius 1 is 1.26 bits per heavy atom. The maximum Gasteiger partial charge on any atom is 0.321 e. The van der Waals surface area contributed by atoms with Gasteiger partial charge in [0.1, 0.15) is 6.54 Å². The summed E-state index contributed by atoms with van der Waals surface area (Å²) < 4.78 is 31.6. The van der Waals surface area contributed by atoms with Crippen molar-refractivity contribution in [2.45, 2.75) is 22.8 Å². The van der Waals surface area contributed by atoms with Gasteiger partial charge in [0.2, 0.25) is 10.0 Å². The highest BCUT2D eigenvalue weighted by molar-refractivity contribution is 7.98. The van der Waals surface area contributed by atoms with Crippen LogP contribution in [-0.2, 0) is 24.3 Å². The number of amides is 1. The summed E-state index contributed by atoms with van der Waals surface area (Å²) >= 11 is 6.93. The van der Waals surface area contributed by atoms with E-state index in [0.29, 0.717) is 15.6 Å². The minimum atomic E-state index is -4.23. The number of nitro benzene ring substituents is 1. The fourth-order valence-corrected chi connectivity index (χ4v) is 4.04. The van der Waals surface area contributed by atoms with Gasteiger partial charge < -0.3 is 10.1 Å². The molecule has 0 saturated heterocycles. The normalized spacial score (nSPS) is 12.1. The van der Waals surface area contributed by atoms with E-state index in [-0.39, 0.29) is 10.6 Å². The maximum atomic E-state index is 12.4. The Morgan fingerprint density at radius 2 is 1.97 bits per heavy atom. The highest BCUT2D eigenvalue weighted by Gasteiger charge is 2.23. The van der Waals surface area contributed by atoms with Crippen molar-refractivity contribution >= 4 is 56.6 Å². The Balaban J connectivity index is 1.97. The van der Waals surface area contributed by atoms with Crippen molar-refractivity contribution in [1.29, 1.82) is 0 Å². The number of hydrogen-bond acceptors (Lipinski definition) is 8. The molecule has 1 amide bonds. The average molecular weight is 488 g/mol. The van der Waals surface area contributed by atoms with Crippen LogP contribution in [0.5, 0.6) is 0 Å². The summed E-state index contributed by atoms with van der Waals surface area (Å²) in [4.78, 5) is 34.4. The zero-order valence-electron chi connectivity index (χ0n) is 16.3. The van der Waals surface area contributed by atoms with Crippen LogP contribution < -0.4 is 10.0 Å². The number of carbonyl (C=O) groups excluding carboxylic acids is 2. The Labute approximate surface area is 187 Å². The van der Waals surface area contributed by atoms with Gasteiger partial charge in [-0.15, -0.1) is 11.8 Å². The van der Waals surface area contributed by atoms with E-state index in [1.807, 2.05) is 4.72 Å². The fourth-order valence-electron chi connectivity index (χ4n) is 2.32. The molecule has 0 aromatic heterocycles. The number of benzene rings is 2. The predicted molar refractivity (Wildman–Crippen MR) is 116 cm³/mol. The van der Waals surface area contributed by atoms with Crippen LogP contribution in [0.25, 0.3) is 0 Å². The molecule has 0 heterocycles. The highest BCUT2D eigenvalue weighted by Crippen LogP contribution is 2.29. The van der Waals surface area contributed by atoms with Gasteiger partial charge >= 0.3 is 5.97 Å². The number of carbonyl (C=O) groups is 2. The van der Waals surface area contributed by atoms with Crippen molar-refractivity contribution in [3.63, 3.8) is 0 Å². The standard InChI is InChI=1S/C18H18ClN3O7S2/c1-11(18(24)21-13-5-3-4-12(19)8-13)29-17(23)10-20-31(27,28)14-6-7-16(30-2)15(9-14)22(25)26/h3-9,11,20H,10H2,1-2H3,(H,21,24). The maximum absolute atomic E-state index is 12.4. The van der Waals surface area contributed by atoms with Crippen molar-refractivity contribution in [1.82, 2.24) is 4.72 Å². The van der Waals surface area contributed by atoms with Crippen LogP contribution in [0.4, 0.5) is 11.4 Å². The van der Waals surface area contributed by atoms with Crippen molar-refractivity contribution in [3.8, 4) is 0 Å². The molecule has 2 N–H and O–H groups in total. The number of thioether (sulfide) groups is 1. The number of ether oxygens (including phenoxy) is 1. The molecule has 1 atom stereocenters. The van der Waals surface area contributed by atoms with Crippen LogP contribution in [0.2, 0.25) is 5.02 Å². The molecule has 166 valence electrons. The smallest absolute Gasteiger partial charge is 0.321 e. The Bertz CT molecular complexity index is 1110. The molecule has 0 spiro atoms. The molecule has 31 heavy (non-hydrogen) atoms. The Hall–Kier alpha value is -2.67. The van der Waals surface area contributed by atoms with E-state index in [1.54, 1.807) is 24.5 Å². The molecule has 0 saturated carbocycles. The molecule has 10 nitrogen and oxygen atoms in total. The largest absolute Gasteiger partial charge is 0.452 e. The quantitative estimate of drug-likeness (QED) is 0.238. The van der Waals surface area contributed by atoms with Crippen molar-refractivity contribution < 1.29 is 27.7 Å². The highest BCUT2D eigenvalue weighted by atomic mass is 35.5. The molecule has 0 aliphatic rings. The molecule has 13 heteroatoms. The summed E-state index contributed by atoms with van der Waals surface area (Å²) in [7, 11) is -4.23. The fraction of sp³-hybridized carbons (Fsp3) is 0.222. The number of esters is 1. The molecule has 2 aromatic rings. The minimum absolute atomic E-state index is 0.294. The molecule has 0 aliphatic carbocycles. The Morgan fingerprint density at radius 3 is 2.58 bits per heavy atom. The molecule has 0 radical (unpaired) electrons. The van der Waals surface area contributed by atoms with E-state index in [1.165, 1.54) is 25.1 Å². The van der Waals surface area contributed by atoms with E-state index in [2.05, 4.69) is 5.32 Å². The van der Waals surface area contributed by atoms with Gasteiger partial charge in [0.05, 0.1) is 14.7 Å². The van der Waals surface area contributed by atoms with Crippen LogP contribution in [-0.4, -0.2) is 44.1 Å². The SMILES string of the molecule is CSc1ccc(S(=O)(=O)NCC(=O)OC(C)C(=O)Nc2cccc(Cl)c2)cc1[N+](=O)[O-]. The van der Waals surface area contributed by atoms with Gasteiger partial charge in [-0.1, -0.05) is 17.7 Å². The third kappa shape index (κ3) is 6.92. The molecule has 0 aliphatic heterocycles. The lowest BCUT2D eigenvalue weighted by atomic mass is 10.3. The zero-order valence-corrected chi connectivity index (χ0v) is 18.7. The summed E-state index contributed by atoms with van der Waals surface area (Å²) in [5.74, 6) is -1.64. The number of anilines is 1. The van der Waals surface area contributed by atoms with Crippen LogP contribution in [0.15, 0.2) is 52.3 Å². The number of halogens is 1. The summed E-state index contributed by atoms with van der Waals surface area (Å²) in [6.45, 7) is 0.548. The van der Waals surface area contributed by atoms with Gasteiger partial charge in [-0.3, -0.25) is 19.7 Å². The number of sulfonamides is 1. The van der Waals surface area contributed by atoms with Gasteiger partial charge in [0.15, 0.2) is 6.10 Å². The first-order valence-electron chi connectivity index (χ1n) is 8.61. The van der Waals surface area contributed by atoms with E-state index in [0.717, 1.165) is 17.8 Å². The van der Waals surface area contributed by atoms with Crippen LogP contribution in [0.3, 0.4) is 0 Å². The lowest BCUT2D eigenvalue weighted by Gasteiger charge is -2.14. The number of hydrogen-bond donors (Lipinski definition) is 2. The zero-order chi connectivity index (χ0) is 23.2. The summed E-state index contributed by atoms with van der Waals surface area (Å²) in [5, 5.41) is 14.0. The van der Waals surface area contributed by atoms with E-state index < -0.39 is 39.5 Å². The number of nitrogens with zero attached hydrogens (tertiary/aromatic N) is 1. The molecule has 2 rings (SSSR count). The molecule has 1 unspecified atom stereocenters. The van der Waals surface area contributed by atoms with Crippen LogP contribution in [0.1, 0.15) is 6.92 Å². The summed E-state index contributed by atoms with van der Waals surface area (Å²) in [6, 6.07) is 9.74. The van der Waals surface area contributed by atoms with E-state index in [9.17, 15) is 28.1 Å². The number of nitrogens with one attached hydrogen (secondary N) is 2. The molecular formula is C18H18ClN3O7S2. The van der Waals surface area contributed by atoms with Crippen molar-refractivity contribution in [3.05, 3.63) is 57.6 Å². The van der Waals surface area contributed by atoms with E-state index >= 15 is 0 Å². The number of rotatable bonds is 9. The second-order valence-electron chi connectivity index (χ2n) is 6.05. The second-order valence-corrected chi connectivity index (χ2v) is 9.10. The van der Waals surface area contributed by atoms with Gasteiger partial charge in [-0.05, 0) is 43.5 Å². The molecule has 2 aromatic carbocycles. The summed E-state index contributed by atoms with van der Waals surface area (Å²) in [5.41, 5.74) is 0.0284. The molecule has 0 bridgehead atoms. The van der Waals surface area contributed by atoms with Crippen molar-refractivity contribution in [2.24, 2.45) is 0 Å².